The van der Waals surface area contributed by atoms with Gasteiger partial charge in [0.2, 0.25) is 11.8 Å². The fraction of sp³-hybridized carbons (Fsp3) is 0.190. The first-order valence-electron chi connectivity index (χ1n) is 8.66. The second-order valence-corrected chi connectivity index (χ2v) is 8.27. The molecule has 0 spiro atoms. The van der Waals surface area contributed by atoms with Gasteiger partial charge in [-0.2, -0.15) is 5.26 Å². The first kappa shape index (κ1) is 20.2. The normalized spacial score (nSPS) is 16.3. The van der Waals surface area contributed by atoms with E-state index in [2.05, 4.69) is 32.6 Å². The van der Waals surface area contributed by atoms with Gasteiger partial charge in [-0.25, -0.2) is 0 Å². The van der Waals surface area contributed by atoms with Crippen molar-refractivity contribution < 1.29 is 9.59 Å². The summed E-state index contributed by atoms with van der Waals surface area (Å²) in [6, 6.07) is 17.3. The third-order valence-electron chi connectivity index (χ3n) is 4.37. The van der Waals surface area contributed by atoms with Crippen LogP contribution in [0.5, 0.6) is 0 Å². The quantitative estimate of drug-likeness (QED) is 0.696. The topological polar surface area (TPSA) is 82.0 Å². The lowest BCUT2D eigenvalue weighted by molar-refractivity contribution is -0.121. The van der Waals surface area contributed by atoms with Gasteiger partial charge in [-0.1, -0.05) is 58.0 Å². The third-order valence-corrected chi connectivity index (χ3v) is 5.88. The van der Waals surface area contributed by atoms with E-state index in [9.17, 15) is 14.9 Å². The van der Waals surface area contributed by atoms with Crippen molar-refractivity contribution >= 4 is 45.2 Å². The van der Waals surface area contributed by atoms with Crippen molar-refractivity contribution in [3.8, 4) is 6.07 Å². The van der Waals surface area contributed by atoms with Gasteiger partial charge in [-0.05, 0) is 36.2 Å². The van der Waals surface area contributed by atoms with Gasteiger partial charge in [-0.3, -0.25) is 9.59 Å². The minimum Gasteiger partial charge on any atom is -0.325 e. The monoisotopic (exact) mass is 455 g/mol. The Labute approximate surface area is 176 Å². The van der Waals surface area contributed by atoms with E-state index in [1.54, 1.807) is 0 Å². The molecular weight excluding hydrogens is 438 g/mol. The minimum absolute atomic E-state index is 0.0950. The van der Waals surface area contributed by atoms with E-state index in [1.807, 2.05) is 55.5 Å². The van der Waals surface area contributed by atoms with Crippen LogP contribution >= 0.6 is 27.7 Å². The molecule has 7 heteroatoms. The van der Waals surface area contributed by atoms with Crippen LogP contribution in [-0.2, 0) is 9.59 Å². The maximum atomic E-state index is 12.4. The van der Waals surface area contributed by atoms with Crippen LogP contribution < -0.4 is 10.6 Å². The lowest BCUT2D eigenvalue weighted by atomic mass is 9.87. The van der Waals surface area contributed by atoms with Crippen molar-refractivity contribution in [2.45, 2.75) is 19.3 Å². The minimum atomic E-state index is -0.292. The van der Waals surface area contributed by atoms with Crippen LogP contribution in [0.4, 0.5) is 5.69 Å². The summed E-state index contributed by atoms with van der Waals surface area (Å²) in [5.41, 5.74) is 3.09. The molecule has 0 radical (unpaired) electrons. The molecule has 2 amide bonds. The Bertz CT molecular complexity index is 983. The van der Waals surface area contributed by atoms with E-state index >= 15 is 0 Å². The van der Waals surface area contributed by atoms with Crippen LogP contribution in [0.3, 0.4) is 0 Å². The predicted octanol–water partition coefficient (Wildman–Crippen LogP) is 4.47. The molecule has 5 nitrogen and oxygen atoms in total. The van der Waals surface area contributed by atoms with E-state index in [4.69, 9.17) is 0 Å². The second-order valence-electron chi connectivity index (χ2n) is 6.37. The van der Waals surface area contributed by atoms with Crippen LogP contribution in [0.1, 0.15) is 23.5 Å². The highest BCUT2D eigenvalue weighted by molar-refractivity contribution is 9.10. The summed E-state index contributed by atoms with van der Waals surface area (Å²) in [5, 5.41) is 15.7. The van der Waals surface area contributed by atoms with E-state index in [-0.39, 0.29) is 29.9 Å². The Hall–Kier alpha value is -2.56. The maximum absolute atomic E-state index is 12.4. The largest absolute Gasteiger partial charge is 0.325 e. The molecule has 0 unspecified atom stereocenters. The smallest absolute Gasteiger partial charge is 0.234 e. The molecule has 0 fully saturated rings. The number of rotatable bonds is 5. The molecule has 0 saturated heterocycles. The van der Waals surface area contributed by atoms with Crippen molar-refractivity contribution in [3.05, 3.63) is 74.7 Å². The average molecular weight is 456 g/mol. The van der Waals surface area contributed by atoms with Gasteiger partial charge < -0.3 is 10.6 Å². The summed E-state index contributed by atoms with van der Waals surface area (Å²) in [4.78, 5) is 24.5. The van der Waals surface area contributed by atoms with Gasteiger partial charge >= 0.3 is 0 Å². The van der Waals surface area contributed by atoms with Crippen molar-refractivity contribution in [2.24, 2.45) is 0 Å². The molecule has 3 rings (SSSR count). The number of thioether (sulfide) groups is 1. The first-order valence-corrected chi connectivity index (χ1v) is 10.4. The molecule has 1 heterocycles. The molecule has 0 saturated carbocycles. The molecule has 1 atom stereocenters. The van der Waals surface area contributed by atoms with Gasteiger partial charge in [-0.15, -0.1) is 0 Å². The number of nitrogens with zero attached hydrogens (tertiary/aromatic N) is 1. The number of aryl methyl sites for hydroxylation is 1. The molecule has 28 heavy (non-hydrogen) atoms. The standard InChI is InChI=1S/C21H18BrN3O2S/c1-13-9-15(22)7-8-18(13)24-20(27)12-28-21-17(11-23)16(10-19(26)25-21)14-5-3-2-4-6-14/h2-9,16H,10,12H2,1H3,(H,24,27)(H,25,26)/t16-/m1/s1. The van der Waals surface area contributed by atoms with E-state index in [1.165, 1.54) is 11.8 Å². The van der Waals surface area contributed by atoms with Crippen LogP contribution in [-0.4, -0.2) is 17.6 Å². The molecule has 1 aliphatic rings. The SMILES string of the molecule is Cc1cc(Br)ccc1NC(=O)CSC1=C(C#N)[C@@H](c2ccccc2)CC(=O)N1. The Kier molecular flexibility index (Phi) is 6.55. The van der Waals surface area contributed by atoms with Crippen molar-refractivity contribution in [1.29, 1.82) is 5.26 Å². The van der Waals surface area contributed by atoms with Crippen LogP contribution in [0, 0.1) is 18.3 Å². The zero-order valence-electron chi connectivity index (χ0n) is 15.2. The number of halogens is 1. The highest BCUT2D eigenvalue weighted by Gasteiger charge is 2.29. The Balaban J connectivity index is 1.74. The summed E-state index contributed by atoms with van der Waals surface area (Å²) < 4.78 is 0.943. The van der Waals surface area contributed by atoms with Crippen LogP contribution in [0.15, 0.2) is 63.6 Å². The number of anilines is 1. The van der Waals surface area contributed by atoms with Crippen molar-refractivity contribution in [2.75, 3.05) is 11.1 Å². The van der Waals surface area contributed by atoms with Crippen molar-refractivity contribution in [1.82, 2.24) is 5.32 Å². The maximum Gasteiger partial charge on any atom is 0.234 e. The van der Waals surface area contributed by atoms with Gasteiger partial charge in [0.05, 0.1) is 22.4 Å². The number of amides is 2. The highest BCUT2D eigenvalue weighted by atomic mass is 79.9. The molecule has 0 aromatic heterocycles. The van der Waals surface area contributed by atoms with Crippen molar-refractivity contribution in [3.63, 3.8) is 0 Å². The Morgan fingerprint density at radius 1 is 1.32 bits per heavy atom. The molecular formula is C21H18BrN3O2S. The molecule has 0 aliphatic carbocycles. The summed E-state index contributed by atoms with van der Waals surface area (Å²) in [5.74, 6) is -0.548. The number of nitrogens with one attached hydrogen (secondary N) is 2. The zero-order valence-corrected chi connectivity index (χ0v) is 17.6. The van der Waals surface area contributed by atoms with Crippen LogP contribution in [0.25, 0.3) is 0 Å². The number of carbonyl (C=O) groups is 2. The van der Waals surface area contributed by atoms with E-state index in [0.717, 1.165) is 21.3 Å². The van der Waals surface area contributed by atoms with Gasteiger partial charge in [0.1, 0.15) is 0 Å². The van der Waals surface area contributed by atoms with Crippen LogP contribution in [0.2, 0.25) is 0 Å². The average Bonchev–Trinajstić information content (AvgIpc) is 2.68. The second kappa shape index (κ2) is 9.09. The molecule has 0 bridgehead atoms. The number of carbonyl (C=O) groups excluding carboxylic acids is 2. The number of hydrogen-bond acceptors (Lipinski definition) is 4. The summed E-state index contributed by atoms with van der Waals surface area (Å²) in [6.45, 7) is 1.91. The van der Waals surface area contributed by atoms with Gasteiger partial charge in [0, 0.05) is 22.5 Å². The lowest BCUT2D eigenvalue weighted by Gasteiger charge is -2.25. The molecule has 142 valence electrons. The lowest BCUT2D eigenvalue weighted by Crippen LogP contribution is -2.31. The molecule has 1 aliphatic heterocycles. The predicted molar refractivity (Wildman–Crippen MR) is 115 cm³/mol. The fourth-order valence-electron chi connectivity index (χ4n) is 2.99. The molecule has 2 aromatic rings. The third kappa shape index (κ3) is 4.83. The zero-order chi connectivity index (χ0) is 20.1. The first-order chi connectivity index (χ1) is 13.5. The van der Waals surface area contributed by atoms with Gasteiger partial charge in [0.15, 0.2) is 0 Å². The molecule has 2 aromatic carbocycles. The van der Waals surface area contributed by atoms with Gasteiger partial charge in [0.25, 0.3) is 0 Å². The summed E-state index contributed by atoms with van der Waals surface area (Å²) >= 11 is 4.57. The Morgan fingerprint density at radius 2 is 2.07 bits per heavy atom. The number of allylic oxidation sites excluding steroid dienone is 1. The number of hydrogen-bond donors (Lipinski definition) is 2. The summed E-state index contributed by atoms with van der Waals surface area (Å²) in [6.07, 6.45) is 0.223. The summed E-state index contributed by atoms with van der Waals surface area (Å²) in [7, 11) is 0. The number of nitriles is 1. The number of benzene rings is 2. The van der Waals surface area contributed by atoms with E-state index < -0.39 is 0 Å². The highest BCUT2D eigenvalue weighted by Crippen LogP contribution is 2.35. The Morgan fingerprint density at radius 3 is 2.75 bits per heavy atom. The van der Waals surface area contributed by atoms with E-state index in [0.29, 0.717) is 10.6 Å². The molecule has 2 N–H and O–H groups in total. The fourth-order valence-corrected chi connectivity index (χ4v) is 4.35.